The van der Waals surface area contributed by atoms with E-state index < -0.39 is 0 Å². The van der Waals surface area contributed by atoms with Gasteiger partial charge in [0.05, 0.1) is 13.2 Å². The average Bonchev–Trinajstić information content (AvgIpc) is 3.04. The molecular formula is C20H28N4O2. The predicted octanol–water partition coefficient (Wildman–Crippen LogP) is 1.96. The van der Waals surface area contributed by atoms with Crippen LogP contribution in [0.2, 0.25) is 0 Å². The number of aliphatic hydroxyl groups is 1. The summed E-state index contributed by atoms with van der Waals surface area (Å²) >= 11 is 0. The van der Waals surface area contributed by atoms with E-state index in [1.165, 1.54) is 0 Å². The molecule has 1 aliphatic rings. The Morgan fingerprint density at radius 2 is 2.12 bits per heavy atom. The largest absolute Gasteiger partial charge is 0.394 e. The van der Waals surface area contributed by atoms with Crippen molar-refractivity contribution in [2.24, 2.45) is 0 Å². The first-order valence-corrected chi connectivity index (χ1v) is 9.39. The normalized spacial score (nSPS) is 15.5. The molecule has 2 N–H and O–H groups in total. The minimum absolute atomic E-state index is 0.0221. The number of rotatable bonds is 7. The molecule has 6 heteroatoms. The molecule has 0 spiro atoms. The number of nitrogens with zero attached hydrogens (tertiary/aromatic N) is 3. The van der Waals surface area contributed by atoms with E-state index in [0.717, 1.165) is 42.8 Å². The van der Waals surface area contributed by atoms with Gasteiger partial charge in [-0.25, -0.2) is 0 Å². The predicted molar refractivity (Wildman–Crippen MR) is 101 cm³/mol. The first kappa shape index (κ1) is 18.6. The molecule has 1 amide bonds. The summed E-state index contributed by atoms with van der Waals surface area (Å²) in [5, 5.41) is 16.8. The van der Waals surface area contributed by atoms with E-state index >= 15 is 0 Å². The van der Waals surface area contributed by atoms with Gasteiger partial charge in [0.1, 0.15) is 0 Å². The molecular weight excluding hydrogens is 328 g/mol. The minimum Gasteiger partial charge on any atom is -0.394 e. The van der Waals surface area contributed by atoms with Crippen LogP contribution in [0.3, 0.4) is 0 Å². The summed E-state index contributed by atoms with van der Waals surface area (Å²) in [6.07, 6.45) is 1.94. The molecule has 0 saturated heterocycles. The van der Waals surface area contributed by atoms with Crippen molar-refractivity contribution in [3.05, 3.63) is 52.8 Å². The Bertz CT molecular complexity index is 742. The molecule has 3 rings (SSSR count). The van der Waals surface area contributed by atoms with E-state index in [1.54, 1.807) is 4.68 Å². The second kappa shape index (κ2) is 8.47. The SMILES string of the molecule is CCC(C)N1CCc2c(c(C(=O)NCc3ccccc3)nn2CCO)C1. The van der Waals surface area contributed by atoms with Gasteiger partial charge in [0.15, 0.2) is 5.69 Å². The number of nitrogens with one attached hydrogen (secondary N) is 1. The lowest BCUT2D eigenvalue weighted by atomic mass is 10.0. The molecule has 140 valence electrons. The molecule has 0 saturated carbocycles. The lowest BCUT2D eigenvalue weighted by Crippen LogP contribution is -2.38. The van der Waals surface area contributed by atoms with Crippen LogP contribution in [-0.4, -0.2) is 44.9 Å². The second-order valence-electron chi connectivity index (χ2n) is 6.87. The van der Waals surface area contributed by atoms with Gasteiger partial charge >= 0.3 is 0 Å². The van der Waals surface area contributed by atoms with Gasteiger partial charge in [-0.2, -0.15) is 5.10 Å². The number of hydrogen-bond donors (Lipinski definition) is 2. The van der Waals surface area contributed by atoms with Crippen molar-refractivity contribution in [3.8, 4) is 0 Å². The first-order valence-electron chi connectivity index (χ1n) is 9.39. The fraction of sp³-hybridized carbons (Fsp3) is 0.500. The molecule has 1 aliphatic heterocycles. The van der Waals surface area contributed by atoms with Gasteiger partial charge in [0, 0.05) is 43.4 Å². The van der Waals surface area contributed by atoms with Crippen LogP contribution in [0.4, 0.5) is 0 Å². The van der Waals surface area contributed by atoms with Crippen molar-refractivity contribution < 1.29 is 9.90 Å². The van der Waals surface area contributed by atoms with E-state index in [-0.39, 0.29) is 12.5 Å². The van der Waals surface area contributed by atoms with Gasteiger partial charge in [-0.15, -0.1) is 0 Å². The van der Waals surface area contributed by atoms with E-state index in [0.29, 0.717) is 24.8 Å². The van der Waals surface area contributed by atoms with Gasteiger partial charge in [-0.1, -0.05) is 37.3 Å². The quantitative estimate of drug-likeness (QED) is 0.796. The molecule has 26 heavy (non-hydrogen) atoms. The fourth-order valence-corrected chi connectivity index (χ4v) is 3.47. The van der Waals surface area contributed by atoms with Crippen LogP contribution < -0.4 is 5.32 Å². The highest BCUT2D eigenvalue weighted by Crippen LogP contribution is 2.25. The van der Waals surface area contributed by atoms with E-state index in [4.69, 9.17) is 0 Å². The van der Waals surface area contributed by atoms with Crippen molar-refractivity contribution in [2.75, 3.05) is 13.2 Å². The number of carbonyl (C=O) groups is 1. The fourth-order valence-electron chi connectivity index (χ4n) is 3.47. The van der Waals surface area contributed by atoms with Gasteiger partial charge in [0.2, 0.25) is 0 Å². The topological polar surface area (TPSA) is 70.4 Å². The number of aliphatic hydroxyl groups excluding tert-OH is 1. The van der Waals surface area contributed by atoms with Gasteiger partial charge in [0.25, 0.3) is 5.91 Å². The third-order valence-electron chi connectivity index (χ3n) is 5.20. The highest BCUT2D eigenvalue weighted by atomic mass is 16.3. The van der Waals surface area contributed by atoms with Crippen molar-refractivity contribution >= 4 is 5.91 Å². The summed E-state index contributed by atoms with van der Waals surface area (Å²) < 4.78 is 1.81. The van der Waals surface area contributed by atoms with Crippen molar-refractivity contribution in [1.82, 2.24) is 20.0 Å². The standard InChI is InChI=1S/C20H28N4O2/c1-3-15(2)23-10-9-18-17(14-23)19(22-24(18)11-12-25)20(26)21-13-16-7-5-4-6-8-16/h4-8,15,25H,3,9-14H2,1-2H3,(H,21,26). The smallest absolute Gasteiger partial charge is 0.272 e. The number of aromatic nitrogens is 2. The summed E-state index contributed by atoms with van der Waals surface area (Å²) in [4.78, 5) is 15.2. The van der Waals surface area contributed by atoms with Crippen LogP contribution in [-0.2, 0) is 26.1 Å². The van der Waals surface area contributed by atoms with Crippen LogP contribution in [0, 0.1) is 0 Å². The van der Waals surface area contributed by atoms with Crippen LogP contribution >= 0.6 is 0 Å². The van der Waals surface area contributed by atoms with Crippen LogP contribution in [0.5, 0.6) is 0 Å². The molecule has 1 aromatic carbocycles. The van der Waals surface area contributed by atoms with Crippen molar-refractivity contribution in [1.29, 1.82) is 0 Å². The number of amides is 1. The Morgan fingerprint density at radius 1 is 1.35 bits per heavy atom. The maximum atomic E-state index is 12.8. The molecule has 1 aromatic heterocycles. The summed E-state index contributed by atoms with van der Waals surface area (Å²) in [6, 6.07) is 10.3. The third-order valence-corrected chi connectivity index (χ3v) is 5.20. The van der Waals surface area contributed by atoms with Crippen LogP contribution in [0.15, 0.2) is 30.3 Å². The highest BCUT2D eigenvalue weighted by Gasteiger charge is 2.29. The Morgan fingerprint density at radius 3 is 2.81 bits per heavy atom. The summed E-state index contributed by atoms with van der Waals surface area (Å²) in [7, 11) is 0. The molecule has 0 bridgehead atoms. The first-order chi connectivity index (χ1) is 12.6. The Labute approximate surface area is 154 Å². The van der Waals surface area contributed by atoms with Crippen molar-refractivity contribution in [2.45, 2.75) is 52.4 Å². The average molecular weight is 356 g/mol. The Hall–Kier alpha value is -2.18. The Balaban J connectivity index is 1.81. The maximum Gasteiger partial charge on any atom is 0.272 e. The van der Waals surface area contributed by atoms with Gasteiger partial charge in [-0.3, -0.25) is 14.4 Å². The number of fused-ring (bicyclic) bond motifs is 1. The monoisotopic (exact) mass is 356 g/mol. The Kier molecular flexibility index (Phi) is 6.06. The summed E-state index contributed by atoms with van der Waals surface area (Å²) in [5.41, 5.74) is 3.65. The number of carbonyl (C=O) groups excluding carboxylic acids is 1. The zero-order valence-corrected chi connectivity index (χ0v) is 15.6. The molecule has 0 aliphatic carbocycles. The molecule has 2 heterocycles. The lowest BCUT2D eigenvalue weighted by molar-refractivity contribution is 0.0941. The van der Waals surface area contributed by atoms with Gasteiger partial charge < -0.3 is 10.4 Å². The zero-order chi connectivity index (χ0) is 18.5. The molecule has 1 atom stereocenters. The highest BCUT2D eigenvalue weighted by molar-refractivity contribution is 5.94. The number of benzene rings is 1. The van der Waals surface area contributed by atoms with Crippen molar-refractivity contribution in [3.63, 3.8) is 0 Å². The summed E-state index contributed by atoms with van der Waals surface area (Å²) in [5.74, 6) is -0.146. The number of hydrogen-bond acceptors (Lipinski definition) is 4. The molecule has 2 aromatic rings. The third kappa shape index (κ3) is 3.97. The molecule has 6 nitrogen and oxygen atoms in total. The second-order valence-corrected chi connectivity index (χ2v) is 6.87. The zero-order valence-electron chi connectivity index (χ0n) is 15.6. The molecule has 1 unspecified atom stereocenters. The maximum absolute atomic E-state index is 12.8. The van der Waals surface area contributed by atoms with E-state index in [2.05, 4.69) is 29.2 Å². The van der Waals surface area contributed by atoms with Crippen LogP contribution in [0.25, 0.3) is 0 Å². The molecule has 0 radical (unpaired) electrons. The minimum atomic E-state index is -0.146. The van der Waals surface area contributed by atoms with Crippen LogP contribution in [0.1, 0.15) is 47.6 Å². The van der Waals surface area contributed by atoms with E-state index in [9.17, 15) is 9.90 Å². The van der Waals surface area contributed by atoms with E-state index in [1.807, 2.05) is 30.3 Å². The molecule has 0 fully saturated rings. The summed E-state index contributed by atoms with van der Waals surface area (Å²) in [6.45, 7) is 7.04. The van der Waals surface area contributed by atoms with Gasteiger partial charge in [-0.05, 0) is 18.9 Å². The lowest BCUT2D eigenvalue weighted by Gasteiger charge is -2.32.